The first-order valence-corrected chi connectivity index (χ1v) is 17.9. The van der Waals surface area contributed by atoms with E-state index in [9.17, 15) is 28.8 Å². The molecule has 0 saturated carbocycles. The van der Waals surface area contributed by atoms with Crippen LogP contribution in [0.1, 0.15) is 101 Å². The van der Waals surface area contributed by atoms with E-state index < -0.39 is 35.6 Å². The summed E-state index contributed by atoms with van der Waals surface area (Å²) in [6, 6.07) is 13.5. The molecule has 1 saturated heterocycles. The molecule has 4 atom stereocenters. The molecule has 1 aliphatic heterocycles. The minimum Gasteiger partial charge on any atom is -0.462 e. The topological polar surface area (TPSA) is 160 Å². The number of ether oxygens (including phenoxy) is 2. The molecule has 1 heterocycles. The summed E-state index contributed by atoms with van der Waals surface area (Å²) in [6.07, 6.45) is 4.51. The number of unbranched alkanes of at least 4 members (excludes halogenated alkanes) is 1. The molecule has 12 nitrogen and oxygen atoms in total. The van der Waals surface area contributed by atoms with Gasteiger partial charge in [0.25, 0.3) is 0 Å². The summed E-state index contributed by atoms with van der Waals surface area (Å²) in [7, 11) is 0. The molecule has 0 bridgehead atoms. The lowest BCUT2D eigenvalue weighted by molar-refractivity contribution is -0.154. The fourth-order valence-electron chi connectivity index (χ4n) is 5.77. The molecule has 2 aromatic rings. The Labute approximate surface area is 301 Å². The van der Waals surface area contributed by atoms with Gasteiger partial charge in [-0.3, -0.25) is 24.0 Å². The Balaban J connectivity index is 1.59. The van der Waals surface area contributed by atoms with Gasteiger partial charge in [0.05, 0.1) is 12.2 Å². The fraction of sp³-hybridized carbons (Fsp3) is 0.538. The summed E-state index contributed by atoms with van der Waals surface area (Å²) >= 11 is 0. The third-order valence-corrected chi connectivity index (χ3v) is 8.67. The fourth-order valence-corrected chi connectivity index (χ4v) is 5.77. The number of nitrogens with one attached hydrogen (secondary N) is 3. The largest absolute Gasteiger partial charge is 0.462 e. The Morgan fingerprint density at radius 2 is 1.63 bits per heavy atom. The van der Waals surface area contributed by atoms with E-state index in [1.165, 1.54) is 4.90 Å². The van der Waals surface area contributed by atoms with Gasteiger partial charge in [-0.2, -0.15) is 0 Å². The third-order valence-electron chi connectivity index (χ3n) is 8.67. The lowest BCUT2D eigenvalue weighted by Gasteiger charge is -2.29. The van der Waals surface area contributed by atoms with Crippen LogP contribution >= 0.6 is 0 Å². The van der Waals surface area contributed by atoms with Crippen molar-refractivity contribution >= 4 is 36.1 Å². The van der Waals surface area contributed by atoms with Gasteiger partial charge in [0.1, 0.15) is 23.7 Å². The van der Waals surface area contributed by atoms with Crippen molar-refractivity contribution in [1.82, 2.24) is 20.9 Å². The molecule has 0 aliphatic carbocycles. The Morgan fingerprint density at radius 1 is 0.941 bits per heavy atom. The second kappa shape index (κ2) is 20.2. The molecule has 12 heteroatoms. The first-order valence-electron chi connectivity index (χ1n) is 17.9. The van der Waals surface area contributed by atoms with Gasteiger partial charge in [0.15, 0.2) is 0 Å². The summed E-state index contributed by atoms with van der Waals surface area (Å²) in [5, 5.41) is 8.44. The van der Waals surface area contributed by atoms with E-state index in [2.05, 4.69) is 16.0 Å². The van der Waals surface area contributed by atoms with E-state index in [4.69, 9.17) is 9.47 Å². The van der Waals surface area contributed by atoms with E-state index in [0.29, 0.717) is 63.5 Å². The molecule has 0 unspecified atom stereocenters. The van der Waals surface area contributed by atoms with Gasteiger partial charge in [-0.05, 0) is 95.9 Å². The number of benzene rings is 2. The Bertz CT molecular complexity index is 1460. The Morgan fingerprint density at radius 3 is 2.27 bits per heavy atom. The van der Waals surface area contributed by atoms with Gasteiger partial charge in [0, 0.05) is 25.4 Å². The SMILES string of the molecule is CC[C@H](C)NC(=O)[C@H](CCCCOC(=O)c1ccccc1)NC(=O)[C@H]1CCCN1C(=O)[C@H](Cc1ccc(CCC(=O)OC(C)(C)C)cc1)NC=O. The summed E-state index contributed by atoms with van der Waals surface area (Å²) in [5.41, 5.74) is 1.66. The van der Waals surface area contributed by atoms with Crippen molar-refractivity contribution in [2.45, 2.75) is 122 Å². The van der Waals surface area contributed by atoms with Crippen molar-refractivity contribution in [1.29, 1.82) is 0 Å². The Hall–Kier alpha value is -4.74. The predicted octanol–water partition coefficient (Wildman–Crippen LogP) is 4.04. The smallest absolute Gasteiger partial charge is 0.338 e. The molecule has 0 spiro atoms. The second-order valence-electron chi connectivity index (χ2n) is 14.0. The number of nitrogens with zero attached hydrogens (tertiary/aromatic N) is 1. The van der Waals surface area contributed by atoms with Crippen LogP contribution in [-0.4, -0.2) is 83.9 Å². The highest BCUT2D eigenvalue weighted by molar-refractivity contribution is 5.94. The second-order valence-corrected chi connectivity index (χ2v) is 14.0. The molecule has 3 N–H and O–H groups in total. The molecule has 1 aliphatic rings. The molecule has 4 amide bonds. The van der Waals surface area contributed by atoms with E-state index in [-0.39, 0.29) is 43.3 Å². The number of carbonyl (C=O) groups is 6. The summed E-state index contributed by atoms with van der Waals surface area (Å²) in [6.45, 7) is 9.82. The monoisotopic (exact) mass is 706 g/mol. The number of carbonyl (C=O) groups excluding carboxylic acids is 6. The van der Waals surface area contributed by atoms with Gasteiger partial charge >= 0.3 is 11.9 Å². The molecule has 278 valence electrons. The number of hydrogen-bond acceptors (Lipinski definition) is 8. The van der Waals surface area contributed by atoms with Gasteiger partial charge < -0.3 is 30.3 Å². The molecule has 2 aromatic carbocycles. The van der Waals surface area contributed by atoms with Gasteiger partial charge in [0.2, 0.25) is 24.1 Å². The lowest BCUT2D eigenvalue weighted by atomic mass is 10.0. The standard InChI is InChI=1S/C39H54N4O8/c1-6-27(2)41-35(46)31(15-10-11-24-50-38(49)30-13-8-7-9-14-30)42-36(47)33-16-12-23-43(33)37(48)32(40-26-44)25-29-19-17-28(18-20-29)21-22-34(45)51-39(3,4)5/h7-9,13-14,17-20,26-27,31-33H,6,10-12,15-16,21-25H2,1-5H3,(H,40,44)(H,41,46)(H,42,47)/t27-,31-,32-,33+/m0/s1. The van der Waals surface area contributed by atoms with Crippen LogP contribution in [0.3, 0.4) is 0 Å². The zero-order chi connectivity index (χ0) is 37.4. The van der Waals surface area contributed by atoms with E-state index in [0.717, 1.165) is 11.1 Å². The summed E-state index contributed by atoms with van der Waals surface area (Å²) in [5.74, 6) is -1.82. The van der Waals surface area contributed by atoms with Crippen LogP contribution in [-0.2, 0) is 46.3 Å². The zero-order valence-electron chi connectivity index (χ0n) is 30.6. The van der Waals surface area contributed by atoms with Crippen molar-refractivity contribution in [3.05, 3.63) is 71.3 Å². The number of likely N-dealkylation sites (tertiary alicyclic amines) is 1. The normalized spacial score (nSPS) is 15.9. The highest BCUT2D eigenvalue weighted by Gasteiger charge is 2.38. The first-order chi connectivity index (χ1) is 24.3. The first kappa shape index (κ1) is 40.7. The minimum atomic E-state index is -0.897. The zero-order valence-corrected chi connectivity index (χ0v) is 30.6. The maximum Gasteiger partial charge on any atom is 0.338 e. The number of aryl methyl sites for hydroxylation is 1. The van der Waals surface area contributed by atoms with E-state index in [1.54, 1.807) is 24.3 Å². The minimum absolute atomic E-state index is 0.0949. The summed E-state index contributed by atoms with van der Waals surface area (Å²) < 4.78 is 10.7. The maximum absolute atomic E-state index is 13.8. The van der Waals surface area contributed by atoms with Crippen LogP contribution in [0.4, 0.5) is 0 Å². The number of esters is 2. The maximum atomic E-state index is 13.8. The van der Waals surface area contributed by atoms with Crippen molar-refractivity contribution in [2.24, 2.45) is 0 Å². The molecular formula is C39H54N4O8. The van der Waals surface area contributed by atoms with Crippen molar-refractivity contribution < 1.29 is 38.2 Å². The van der Waals surface area contributed by atoms with Crippen LogP contribution in [0.15, 0.2) is 54.6 Å². The highest BCUT2D eigenvalue weighted by atomic mass is 16.6. The molecule has 51 heavy (non-hydrogen) atoms. The average molecular weight is 707 g/mol. The van der Waals surface area contributed by atoms with Crippen LogP contribution in [0, 0.1) is 0 Å². The lowest BCUT2D eigenvalue weighted by Crippen LogP contribution is -2.56. The van der Waals surface area contributed by atoms with Gasteiger partial charge in [-0.1, -0.05) is 49.4 Å². The predicted molar refractivity (Wildman–Crippen MR) is 192 cm³/mol. The highest BCUT2D eigenvalue weighted by Crippen LogP contribution is 2.21. The van der Waals surface area contributed by atoms with Gasteiger partial charge in [-0.15, -0.1) is 0 Å². The molecular weight excluding hydrogens is 652 g/mol. The molecule has 0 aromatic heterocycles. The quantitative estimate of drug-likeness (QED) is 0.112. The van der Waals surface area contributed by atoms with Crippen molar-refractivity contribution in [3.8, 4) is 0 Å². The molecule has 1 fully saturated rings. The van der Waals surface area contributed by atoms with Crippen LogP contribution in [0.2, 0.25) is 0 Å². The van der Waals surface area contributed by atoms with E-state index in [1.807, 2.05) is 65.0 Å². The summed E-state index contributed by atoms with van der Waals surface area (Å²) in [4.78, 5) is 78.0. The number of hydrogen-bond donors (Lipinski definition) is 3. The van der Waals surface area contributed by atoms with E-state index >= 15 is 0 Å². The Kier molecular flexibility index (Phi) is 16.1. The van der Waals surface area contributed by atoms with Crippen LogP contribution in [0.5, 0.6) is 0 Å². The number of rotatable bonds is 19. The number of amides is 4. The molecule has 0 radical (unpaired) electrons. The van der Waals surface area contributed by atoms with Crippen molar-refractivity contribution in [2.75, 3.05) is 13.2 Å². The average Bonchev–Trinajstić information content (AvgIpc) is 3.60. The van der Waals surface area contributed by atoms with Crippen LogP contribution in [0.25, 0.3) is 0 Å². The van der Waals surface area contributed by atoms with Crippen LogP contribution < -0.4 is 16.0 Å². The van der Waals surface area contributed by atoms with Crippen molar-refractivity contribution in [3.63, 3.8) is 0 Å². The third kappa shape index (κ3) is 13.8. The van der Waals surface area contributed by atoms with Gasteiger partial charge in [-0.25, -0.2) is 4.79 Å². The molecule has 3 rings (SSSR count).